The first-order valence-electron chi connectivity index (χ1n) is 9.06. The third-order valence-corrected chi connectivity index (χ3v) is 4.92. The van der Waals surface area contributed by atoms with Crippen LogP contribution in [-0.4, -0.2) is 45.7 Å². The summed E-state index contributed by atoms with van der Waals surface area (Å²) in [5.74, 6) is -0.149. The number of rotatable bonds is 9. The van der Waals surface area contributed by atoms with Crippen molar-refractivity contribution in [2.24, 2.45) is 4.99 Å². The van der Waals surface area contributed by atoms with E-state index in [9.17, 15) is 22.9 Å². The number of anilines is 1. The number of guanidine groups is 1. The van der Waals surface area contributed by atoms with Crippen molar-refractivity contribution < 1.29 is 17.7 Å². The van der Waals surface area contributed by atoms with Crippen LogP contribution in [0.3, 0.4) is 0 Å². The number of benzene rings is 2. The Morgan fingerprint density at radius 2 is 1.80 bits per heavy atom. The molecule has 30 heavy (non-hydrogen) atoms. The Morgan fingerprint density at radius 3 is 2.40 bits per heavy atom. The van der Waals surface area contributed by atoms with Crippen molar-refractivity contribution in [1.82, 2.24) is 10.6 Å². The van der Waals surface area contributed by atoms with E-state index >= 15 is 0 Å². The molecule has 2 rings (SSSR count). The van der Waals surface area contributed by atoms with Gasteiger partial charge in [-0.1, -0.05) is 6.07 Å². The highest BCUT2D eigenvalue weighted by Crippen LogP contribution is 2.15. The van der Waals surface area contributed by atoms with Gasteiger partial charge in [-0.05, 0) is 35.4 Å². The highest BCUT2D eigenvalue weighted by molar-refractivity contribution is 7.89. The number of non-ortho nitro benzene ring substituents is 1. The average molecular weight is 437 g/mol. The van der Waals surface area contributed by atoms with E-state index in [0.717, 1.165) is 11.9 Å². The molecule has 0 fully saturated rings. The second-order valence-corrected chi connectivity index (χ2v) is 8.71. The molecule has 0 heterocycles. The molecular weight excluding hydrogens is 413 g/mol. The summed E-state index contributed by atoms with van der Waals surface area (Å²) in [4.78, 5) is 14.3. The summed E-state index contributed by atoms with van der Waals surface area (Å²) in [5, 5.41) is 19.9. The summed E-state index contributed by atoms with van der Waals surface area (Å²) >= 11 is 0. The predicted octanol–water partition coefficient (Wildman–Crippen LogP) is 2.06. The van der Waals surface area contributed by atoms with Crippen LogP contribution in [0.5, 0.6) is 0 Å². The second-order valence-electron chi connectivity index (χ2n) is 6.57. The lowest BCUT2D eigenvalue weighted by Gasteiger charge is -2.15. The topological polar surface area (TPSA) is 126 Å². The van der Waals surface area contributed by atoms with Gasteiger partial charge in [-0.15, -0.1) is 0 Å². The molecule has 2 aromatic carbocycles. The molecule has 0 unspecified atom stereocenters. The zero-order valence-corrected chi connectivity index (χ0v) is 17.5. The van der Waals surface area contributed by atoms with Gasteiger partial charge in [-0.25, -0.2) is 12.8 Å². The van der Waals surface area contributed by atoms with Crippen molar-refractivity contribution in [3.63, 3.8) is 0 Å². The van der Waals surface area contributed by atoms with Crippen LogP contribution in [0.1, 0.15) is 11.1 Å². The van der Waals surface area contributed by atoms with E-state index < -0.39 is 20.6 Å². The van der Waals surface area contributed by atoms with Crippen LogP contribution in [-0.2, 0) is 22.1 Å². The third-order valence-electron chi connectivity index (χ3n) is 4.08. The molecule has 3 N–H and O–H groups in total. The number of nitro groups is 1. The number of sulfone groups is 1. The molecule has 0 saturated heterocycles. The Balaban J connectivity index is 1.85. The Kier molecular flexibility index (Phi) is 8.10. The minimum absolute atomic E-state index is 0.0240. The normalized spacial score (nSPS) is 11.8. The Hall–Kier alpha value is -3.21. The summed E-state index contributed by atoms with van der Waals surface area (Å²) in [6, 6.07) is 10.1. The lowest BCUT2D eigenvalue weighted by molar-refractivity contribution is -0.384. The van der Waals surface area contributed by atoms with Crippen LogP contribution < -0.4 is 16.0 Å². The number of aliphatic imine (C=N–C) groups is 1. The molecule has 0 aliphatic carbocycles. The van der Waals surface area contributed by atoms with Crippen molar-refractivity contribution in [2.75, 3.05) is 31.7 Å². The summed E-state index contributed by atoms with van der Waals surface area (Å²) in [6.45, 7) is 1.23. The van der Waals surface area contributed by atoms with Crippen molar-refractivity contribution in [3.8, 4) is 0 Å². The maximum Gasteiger partial charge on any atom is 0.269 e. The first-order valence-corrected chi connectivity index (χ1v) is 11.1. The van der Waals surface area contributed by atoms with Crippen LogP contribution in [0.15, 0.2) is 47.5 Å². The minimum Gasteiger partial charge on any atom is -0.383 e. The summed E-state index contributed by atoms with van der Waals surface area (Å²) in [6.07, 6.45) is 1.13. The van der Waals surface area contributed by atoms with Crippen molar-refractivity contribution in [1.29, 1.82) is 0 Å². The molecule has 0 saturated carbocycles. The van der Waals surface area contributed by atoms with E-state index in [0.29, 0.717) is 30.2 Å². The number of nitrogens with one attached hydrogen (secondary N) is 3. The molecule has 0 amide bonds. The predicted molar refractivity (Wildman–Crippen MR) is 115 cm³/mol. The Labute approximate surface area is 174 Å². The molecule has 11 heteroatoms. The number of nitrogens with zero attached hydrogens (tertiary/aromatic N) is 2. The van der Waals surface area contributed by atoms with Crippen LogP contribution >= 0.6 is 0 Å². The van der Waals surface area contributed by atoms with E-state index in [1.807, 2.05) is 0 Å². The van der Waals surface area contributed by atoms with Crippen LogP contribution in [0.2, 0.25) is 0 Å². The fraction of sp³-hybridized carbons (Fsp3) is 0.316. The first-order chi connectivity index (χ1) is 14.2. The first kappa shape index (κ1) is 23.1. The molecule has 0 aliphatic rings. The van der Waals surface area contributed by atoms with E-state index in [1.165, 1.54) is 30.3 Å². The van der Waals surface area contributed by atoms with Gasteiger partial charge in [0.25, 0.3) is 5.69 Å². The lowest BCUT2D eigenvalue weighted by atomic mass is 10.1. The molecule has 2 aromatic rings. The standard InChI is InChI=1S/C19H24FN5O4S/c1-21-19(23-10-9-22-17-5-7-18(8-6-17)25(26)27)24-12-15-11-16(20)4-3-14(15)13-30(2,28)29/h3-8,11,22H,9-10,12-13H2,1-2H3,(H2,21,23,24). The van der Waals surface area contributed by atoms with Gasteiger partial charge in [0.1, 0.15) is 5.82 Å². The average Bonchev–Trinajstić information content (AvgIpc) is 2.68. The van der Waals surface area contributed by atoms with E-state index in [2.05, 4.69) is 20.9 Å². The third kappa shape index (κ3) is 7.66. The zero-order valence-electron chi connectivity index (χ0n) is 16.7. The highest BCUT2D eigenvalue weighted by atomic mass is 32.2. The van der Waals surface area contributed by atoms with E-state index in [-0.39, 0.29) is 18.0 Å². The summed E-state index contributed by atoms with van der Waals surface area (Å²) in [5.41, 5.74) is 1.83. The highest BCUT2D eigenvalue weighted by Gasteiger charge is 2.11. The smallest absolute Gasteiger partial charge is 0.269 e. The molecule has 0 spiro atoms. The fourth-order valence-corrected chi connectivity index (χ4v) is 3.52. The minimum atomic E-state index is -3.25. The maximum absolute atomic E-state index is 13.6. The van der Waals surface area contributed by atoms with Crippen molar-refractivity contribution in [3.05, 3.63) is 69.5 Å². The van der Waals surface area contributed by atoms with Crippen LogP contribution in [0.25, 0.3) is 0 Å². The molecular formula is C19H24FN5O4S. The van der Waals surface area contributed by atoms with Crippen molar-refractivity contribution >= 4 is 27.2 Å². The summed E-state index contributed by atoms with van der Waals surface area (Å²) in [7, 11) is -1.66. The SMILES string of the molecule is CN=C(NCCNc1ccc([N+](=O)[O-])cc1)NCc1cc(F)ccc1CS(C)(=O)=O. The van der Waals surface area contributed by atoms with Gasteiger partial charge in [0.2, 0.25) is 0 Å². The zero-order chi connectivity index (χ0) is 22.1. The molecule has 0 radical (unpaired) electrons. The van der Waals surface area contributed by atoms with Gasteiger partial charge >= 0.3 is 0 Å². The van der Waals surface area contributed by atoms with Gasteiger partial charge in [0.15, 0.2) is 15.8 Å². The van der Waals surface area contributed by atoms with Gasteiger partial charge in [0.05, 0.1) is 10.7 Å². The number of nitro benzene ring substituents is 1. The Bertz CT molecular complexity index is 1010. The van der Waals surface area contributed by atoms with Crippen LogP contribution in [0.4, 0.5) is 15.8 Å². The van der Waals surface area contributed by atoms with Gasteiger partial charge in [-0.3, -0.25) is 15.1 Å². The second kappa shape index (κ2) is 10.5. The number of halogens is 1. The van der Waals surface area contributed by atoms with Gasteiger partial charge in [0, 0.05) is 50.8 Å². The van der Waals surface area contributed by atoms with Crippen molar-refractivity contribution in [2.45, 2.75) is 12.3 Å². The molecule has 0 aromatic heterocycles. The largest absolute Gasteiger partial charge is 0.383 e. The molecule has 9 nitrogen and oxygen atoms in total. The fourth-order valence-electron chi connectivity index (χ4n) is 2.67. The quantitative estimate of drug-likeness (QED) is 0.180. The summed E-state index contributed by atoms with van der Waals surface area (Å²) < 4.78 is 36.8. The monoisotopic (exact) mass is 437 g/mol. The van der Waals surface area contributed by atoms with E-state index in [1.54, 1.807) is 19.2 Å². The molecule has 162 valence electrons. The number of hydrogen-bond acceptors (Lipinski definition) is 6. The van der Waals surface area contributed by atoms with Gasteiger partial charge < -0.3 is 16.0 Å². The Morgan fingerprint density at radius 1 is 1.10 bits per heavy atom. The van der Waals surface area contributed by atoms with Crippen LogP contribution in [0, 0.1) is 15.9 Å². The molecule has 0 atom stereocenters. The molecule has 0 aliphatic heterocycles. The van der Waals surface area contributed by atoms with E-state index in [4.69, 9.17) is 0 Å². The molecule has 0 bridgehead atoms. The maximum atomic E-state index is 13.6. The van der Waals surface area contributed by atoms with Gasteiger partial charge in [-0.2, -0.15) is 0 Å². The number of hydrogen-bond donors (Lipinski definition) is 3. The lowest BCUT2D eigenvalue weighted by Crippen LogP contribution is -2.39.